The summed E-state index contributed by atoms with van der Waals surface area (Å²) in [6.07, 6.45) is 6.59. The van der Waals surface area contributed by atoms with Crippen LogP contribution in [-0.2, 0) is 0 Å². The van der Waals surface area contributed by atoms with Crippen molar-refractivity contribution in [3.8, 4) is 0 Å². The van der Waals surface area contributed by atoms with E-state index in [2.05, 4.69) is 79.0 Å². The second-order valence-electron chi connectivity index (χ2n) is 4.67. The molecule has 2 aromatic rings. The molecule has 0 saturated heterocycles. The molecule has 0 atom stereocenters. The van der Waals surface area contributed by atoms with Crippen LogP contribution in [0.15, 0.2) is 54.6 Å². The number of allylic oxidation sites excluding steroid dienone is 2. The molecule has 0 heterocycles. The summed E-state index contributed by atoms with van der Waals surface area (Å²) in [5.41, 5.74) is 6.31. The molecule has 0 fully saturated rings. The van der Waals surface area contributed by atoms with Crippen LogP contribution in [0.3, 0.4) is 0 Å². The van der Waals surface area contributed by atoms with Gasteiger partial charge in [-0.3, -0.25) is 0 Å². The number of hydrogen-bond donors (Lipinski definition) is 1. The smallest absolute Gasteiger partial charge is 0.0340 e. The van der Waals surface area contributed by atoms with Crippen LogP contribution < -0.4 is 5.32 Å². The van der Waals surface area contributed by atoms with Crippen molar-refractivity contribution < 1.29 is 0 Å². The first-order chi connectivity index (χ1) is 9.36. The molecule has 0 radical (unpaired) electrons. The quantitative estimate of drug-likeness (QED) is 0.830. The van der Waals surface area contributed by atoms with E-state index in [9.17, 15) is 0 Å². The monoisotopic (exact) mass is 247 g/mol. The third-order valence-electron chi connectivity index (χ3n) is 3.33. The minimum atomic E-state index is 0.955. The second-order valence-corrected chi connectivity index (χ2v) is 4.67. The maximum absolute atomic E-state index is 3.31. The summed E-state index contributed by atoms with van der Waals surface area (Å²) in [7, 11) is 0. The predicted molar refractivity (Wildman–Crippen MR) is 84.0 cm³/mol. The van der Waals surface area contributed by atoms with Crippen LogP contribution in [0, 0.1) is 0 Å². The van der Waals surface area contributed by atoms with Crippen molar-refractivity contribution in [1.29, 1.82) is 0 Å². The largest absolute Gasteiger partial charge is 0.385 e. The summed E-state index contributed by atoms with van der Waals surface area (Å²) in [4.78, 5) is 0. The molecule has 1 aliphatic carbocycles. The molecule has 19 heavy (non-hydrogen) atoms. The molecule has 0 spiro atoms. The van der Waals surface area contributed by atoms with Gasteiger partial charge in [0.2, 0.25) is 0 Å². The van der Waals surface area contributed by atoms with Gasteiger partial charge in [-0.05, 0) is 47.4 Å². The Kier molecular flexibility index (Phi) is 3.20. The summed E-state index contributed by atoms with van der Waals surface area (Å²) >= 11 is 0. The van der Waals surface area contributed by atoms with Crippen LogP contribution in [0.5, 0.6) is 0 Å². The number of benzene rings is 2. The van der Waals surface area contributed by atoms with Crippen molar-refractivity contribution in [2.75, 3.05) is 11.9 Å². The lowest BCUT2D eigenvalue weighted by Crippen LogP contribution is -1.95. The molecule has 0 amide bonds. The standard InChI is InChI=1S/C18H17N/c1-2-19-17-11-7-14(8-12-17)13-16-10-9-15-5-3-4-6-18(15)16/h3-13,19H,2H2,1H3. The molecule has 2 aromatic carbocycles. The lowest BCUT2D eigenvalue weighted by atomic mass is 10.0. The average Bonchev–Trinajstić information content (AvgIpc) is 2.85. The zero-order chi connectivity index (χ0) is 13.1. The van der Waals surface area contributed by atoms with Crippen molar-refractivity contribution in [3.05, 3.63) is 71.3 Å². The Labute approximate surface area is 114 Å². The van der Waals surface area contributed by atoms with Crippen LogP contribution in [0.2, 0.25) is 0 Å². The molecule has 0 saturated carbocycles. The number of hydrogen-bond acceptors (Lipinski definition) is 1. The first kappa shape index (κ1) is 11.8. The highest BCUT2D eigenvalue weighted by atomic mass is 14.8. The van der Waals surface area contributed by atoms with E-state index in [4.69, 9.17) is 0 Å². The van der Waals surface area contributed by atoms with Gasteiger partial charge in [0.05, 0.1) is 0 Å². The Morgan fingerprint density at radius 1 is 0.947 bits per heavy atom. The summed E-state index contributed by atoms with van der Waals surface area (Å²) in [5.74, 6) is 0. The Balaban J connectivity index is 1.89. The van der Waals surface area contributed by atoms with Crippen molar-refractivity contribution in [2.24, 2.45) is 0 Å². The maximum Gasteiger partial charge on any atom is 0.0340 e. The van der Waals surface area contributed by atoms with Gasteiger partial charge in [-0.2, -0.15) is 0 Å². The Morgan fingerprint density at radius 2 is 1.74 bits per heavy atom. The molecule has 94 valence electrons. The van der Waals surface area contributed by atoms with Gasteiger partial charge in [-0.25, -0.2) is 0 Å². The third kappa shape index (κ3) is 2.45. The normalized spacial score (nSPS) is 14.7. The van der Waals surface area contributed by atoms with E-state index in [1.807, 2.05) is 0 Å². The van der Waals surface area contributed by atoms with E-state index in [0.29, 0.717) is 0 Å². The van der Waals surface area contributed by atoms with Crippen molar-refractivity contribution >= 4 is 23.4 Å². The first-order valence-corrected chi connectivity index (χ1v) is 6.70. The molecule has 1 heteroatoms. The van der Waals surface area contributed by atoms with Gasteiger partial charge in [-0.15, -0.1) is 0 Å². The topological polar surface area (TPSA) is 12.0 Å². The Morgan fingerprint density at radius 3 is 2.53 bits per heavy atom. The average molecular weight is 247 g/mol. The van der Waals surface area contributed by atoms with Gasteiger partial charge in [0.25, 0.3) is 0 Å². The minimum Gasteiger partial charge on any atom is -0.385 e. The van der Waals surface area contributed by atoms with E-state index in [1.54, 1.807) is 0 Å². The van der Waals surface area contributed by atoms with E-state index < -0.39 is 0 Å². The summed E-state index contributed by atoms with van der Waals surface area (Å²) < 4.78 is 0. The summed E-state index contributed by atoms with van der Waals surface area (Å²) in [5, 5.41) is 3.31. The number of nitrogens with one attached hydrogen (secondary N) is 1. The van der Waals surface area contributed by atoms with Crippen LogP contribution in [0.1, 0.15) is 23.6 Å². The second kappa shape index (κ2) is 5.15. The molecule has 0 unspecified atom stereocenters. The maximum atomic E-state index is 3.31. The predicted octanol–water partition coefficient (Wildman–Crippen LogP) is 4.69. The van der Waals surface area contributed by atoms with Crippen molar-refractivity contribution in [1.82, 2.24) is 0 Å². The lowest BCUT2D eigenvalue weighted by Gasteiger charge is -2.04. The molecule has 1 N–H and O–H groups in total. The van der Waals surface area contributed by atoms with Gasteiger partial charge in [0.15, 0.2) is 0 Å². The zero-order valence-corrected chi connectivity index (χ0v) is 11.1. The fourth-order valence-corrected chi connectivity index (χ4v) is 2.38. The molecule has 1 nitrogen and oxygen atoms in total. The first-order valence-electron chi connectivity index (χ1n) is 6.70. The Hall–Kier alpha value is -2.28. The Bertz CT molecular complexity index is 633. The van der Waals surface area contributed by atoms with Gasteiger partial charge in [-0.1, -0.05) is 48.6 Å². The number of rotatable bonds is 3. The van der Waals surface area contributed by atoms with E-state index in [0.717, 1.165) is 6.54 Å². The van der Waals surface area contributed by atoms with Crippen LogP contribution in [0.25, 0.3) is 17.7 Å². The molecule has 0 bridgehead atoms. The third-order valence-corrected chi connectivity index (χ3v) is 3.33. The highest BCUT2D eigenvalue weighted by Gasteiger charge is 2.08. The number of anilines is 1. The van der Waals surface area contributed by atoms with E-state index >= 15 is 0 Å². The number of fused-ring (bicyclic) bond motifs is 1. The fraction of sp³-hybridized carbons (Fsp3) is 0.111. The fourth-order valence-electron chi connectivity index (χ4n) is 2.38. The zero-order valence-electron chi connectivity index (χ0n) is 11.1. The lowest BCUT2D eigenvalue weighted by molar-refractivity contribution is 1.21. The van der Waals surface area contributed by atoms with Gasteiger partial charge in [0.1, 0.15) is 0 Å². The van der Waals surface area contributed by atoms with Crippen molar-refractivity contribution in [3.63, 3.8) is 0 Å². The molecule has 0 aromatic heterocycles. The van der Waals surface area contributed by atoms with Gasteiger partial charge < -0.3 is 5.32 Å². The van der Waals surface area contributed by atoms with Crippen molar-refractivity contribution in [2.45, 2.75) is 6.92 Å². The van der Waals surface area contributed by atoms with Crippen LogP contribution >= 0.6 is 0 Å². The van der Waals surface area contributed by atoms with Crippen LogP contribution in [-0.4, -0.2) is 6.54 Å². The van der Waals surface area contributed by atoms with E-state index in [1.165, 1.54) is 28.0 Å². The summed E-state index contributed by atoms with van der Waals surface area (Å²) in [6.45, 7) is 3.06. The SMILES string of the molecule is CCNc1ccc(C=C2C=Cc3ccccc32)cc1. The van der Waals surface area contributed by atoms with Crippen LogP contribution in [0.4, 0.5) is 5.69 Å². The highest BCUT2D eigenvalue weighted by molar-refractivity contribution is 5.97. The van der Waals surface area contributed by atoms with E-state index in [-0.39, 0.29) is 0 Å². The summed E-state index contributed by atoms with van der Waals surface area (Å²) in [6, 6.07) is 17.1. The molecule has 0 aliphatic heterocycles. The molecule has 1 aliphatic rings. The van der Waals surface area contributed by atoms with Gasteiger partial charge >= 0.3 is 0 Å². The van der Waals surface area contributed by atoms with Gasteiger partial charge in [0, 0.05) is 12.2 Å². The minimum absolute atomic E-state index is 0.955. The molecular formula is C18H17N. The molecule has 3 rings (SSSR count). The molecular weight excluding hydrogens is 230 g/mol. The highest BCUT2D eigenvalue weighted by Crippen LogP contribution is 2.30.